The van der Waals surface area contributed by atoms with Crippen molar-refractivity contribution in [2.24, 2.45) is 5.92 Å². The van der Waals surface area contributed by atoms with Crippen molar-refractivity contribution in [3.05, 3.63) is 47.3 Å². The van der Waals surface area contributed by atoms with Crippen LogP contribution in [-0.4, -0.2) is 42.7 Å². The molecule has 1 aromatic heterocycles. The Bertz CT molecular complexity index is 829. The maximum absolute atomic E-state index is 12.5. The molecule has 1 saturated heterocycles. The number of piperidine rings is 1. The Morgan fingerprint density at radius 2 is 2.07 bits per heavy atom. The molecule has 30 heavy (non-hydrogen) atoms. The third kappa shape index (κ3) is 5.42. The van der Waals surface area contributed by atoms with Crippen molar-refractivity contribution >= 4 is 5.91 Å². The molecule has 162 valence electrons. The van der Waals surface area contributed by atoms with Gasteiger partial charge in [-0.3, -0.25) is 4.79 Å². The highest BCUT2D eigenvalue weighted by atomic mass is 16.5. The lowest BCUT2D eigenvalue weighted by Gasteiger charge is -2.35. The Hall–Kier alpha value is -2.34. The summed E-state index contributed by atoms with van der Waals surface area (Å²) >= 11 is 0. The Morgan fingerprint density at radius 3 is 2.90 bits per heavy atom. The maximum atomic E-state index is 12.5. The molecule has 0 spiro atoms. The second-order valence-electron chi connectivity index (χ2n) is 8.75. The van der Waals surface area contributed by atoms with E-state index in [0.717, 1.165) is 35.9 Å². The lowest BCUT2D eigenvalue weighted by atomic mass is 9.87. The highest BCUT2D eigenvalue weighted by Gasteiger charge is 2.27. The fourth-order valence-electron chi connectivity index (χ4n) is 4.84. The number of hydrogen-bond donors (Lipinski definition) is 1. The Labute approximate surface area is 179 Å². The Kier molecular flexibility index (Phi) is 7.05. The molecular formula is C24H33N3O3. The first-order valence-corrected chi connectivity index (χ1v) is 11.3. The van der Waals surface area contributed by atoms with Gasteiger partial charge >= 0.3 is 0 Å². The van der Waals surface area contributed by atoms with Crippen molar-refractivity contribution in [2.45, 2.75) is 57.4 Å². The number of rotatable bonds is 7. The van der Waals surface area contributed by atoms with Gasteiger partial charge in [-0.1, -0.05) is 36.6 Å². The lowest BCUT2D eigenvalue weighted by Crippen LogP contribution is -2.38. The van der Waals surface area contributed by atoms with Gasteiger partial charge in [0.15, 0.2) is 0 Å². The third-order valence-electron chi connectivity index (χ3n) is 6.50. The van der Waals surface area contributed by atoms with E-state index < -0.39 is 0 Å². The van der Waals surface area contributed by atoms with Crippen LogP contribution in [0.25, 0.3) is 0 Å². The van der Waals surface area contributed by atoms with E-state index in [1.807, 2.05) is 30.3 Å². The summed E-state index contributed by atoms with van der Waals surface area (Å²) in [6, 6.07) is 9.49. The summed E-state index contributed by atoms with van der Waals surface area (Å²) in [5.41, 5.74) is 1.89. The average molecular weight is 412 g/mol. The number of carbonyl (C=O) groups excluding carboxylic acids is 1. The van der Waals surface area contributed by atoms with Gasteiger partial charge in [0, 0.05) is 31.6 Å². The number of amides is 1. The molecule has 6 nitrogen and oxygen atoms in total. The van der Waals surface area contributed by atoms with Gasteiger partial charge in [0.05, 0.1) is 12.8 Å². The molecule has 1 aliphatic heterocycles. The zero-order valence-electron chi connectivity index (χ0n) is 17.9. The molecule has 2 aliphatic rings. The molecule has 1 aliphatic carbocycles. The largest absolute Gasteiger partial charge is 0.497 e. The number of hydrogen-bond acceptors (Lipinski definition) is 5. The highest BCUT2D eigenvalue weighted by molar-refractivity contribution is 5.91. The number of likely N-dealkylation sites (tertiary alicyclic amines) is 1. The summed E-state index contributed by atoms with van der Waals surface area (Å²) < 4.78 is 10.6. The topological polar surface area (TPSA) is 67.6 Å². The van der Waals surface area contributed by atoms with E-state index in [0.29, 0.717) is 12.5 Å². The van der Waals surface area contributed by atoms with Crippen LogP contribution in [0.15, 0.2) is 34.9 Å². The smallest absolute Gasteiger partial charge is 0.290 e. The van der Waals surface area contributed by atoms with Gasteiger partial charge in [-0.2, -0.15) is 0 Å². The zero-order chi connectivity index (χ0) is 20.8. The minimum absolute atomic E-state index is 0.230. The van der Waals surface area contributed by atoms with E-state index in [1.54, 1.807) is 7.11 Å². The molecule has 0 radical (unpaired) electrons. The van der Waals surface area contributed by atoms with Crippen molar-refractivity contribution < 1.29 is 14.1 Å². The van der Waals surface area contributed by atoms with Crippen LogP contribution < -0.4 is 10.1 Å². The van der Waals surface area contributed by atoms with Gasteiger partial charge in [0.25, 0.3) is 5.91 Å². The first-order valence-electron chi connectivity index (χ1n) is 11.3. The van der Waals surface area contributed by atoms with Crippen molar-refractivity contribution in [3.63, 3.8) is 0 Å². The van der Waals surface area contributed by atoms with Crippen LogP contribution in [0.3, 0.4) is 0 Å². The Morgan fingerprint density at radius 1 is 1.20 bits per heavy atom. The van der Waals surface area contributed by atoms with Crippen LogP contribution in [-0.2, 0) is 6.54 Å². The van der Waals surface area contributed by atoms with Gasteiger partial charge in [0.1, 0.15) is 5.75 Å². The molecule has 0 bridgehead atoms. The number of carbonyl (C=O) groups is 1. The predicted molar refractivity (Wildman–Crippen MR) is 116 cm³/mol. The molecule has 2 fully saturated rings. The quantitative estimate of drug-likeness (QED) is 0.733. The van der Waals surface area contributed by atoms with Crippen LogP contribution in [0.4, 0.5) is 0 Å². The number of methoxy groups -OCH3 is 1. The van der Waals surface area contributed by atoms with Crippen LogP contribution >= 0.6 is 0 Å². The molecule has 1 amide bonds. The summed E-state index contributed by atoms with van der Waals surface area (Å²) in [5.74, 6) is 2.04. The molecule has 1 atom stereocenters. The molecule has 2 heterocycles. The number of nitrogens with one attached hydrogen (secondary N) is 1. The molecular weight excluding hydrogens is 378 g/mol. The monoisotopic (exact) mass is 411 g/mol. The van der Waals surface area contributed by atoms with Gasteiger partial charge < -0.3 is 19.5 Å². The number of benzene rings is 1. The summed E-state index contributed by atoms with van der Waals surface area (Å²) in [6.07, 6.45) is 9.23. The summed E-state index contributed by atoms with van der Waals surface area (Å²) in [4.78, 5) is 15.1. The predicted octanol–water partition coefficient (Wildman–Crippen LogP) is 4.37. The zero-order valence-corrected chi connectivity index (χ0v) is 17.9. The van der Waals surface area contributed by atoms with E-state index in [1.165, 1.54) is 51.6 Å². The van der Waals surface area contributed by atoms with E-state index >= 15 is 0 Å². The molecule has 1 unspecified atom stereocenters. The van der Waals surface area contributed by atoms with Crippen molar-refractivity contribution in [1.82, 2.24) is 15.4 Å². The lowest BCUT2D eigenvalue weighted by molar-refractivity contribution is 0.0913. The van der Waals surface area contributed by atoms with Gasteiger partial charge in [0.2, 0.25) is 5.76 Å². The van der Waals surface area contributed by atoms with Crippen molar-refractivity contribution in [1.29, 1.82) is 0 Å². The fourth-order valence-corrected chi connectivity index (χ4v) is 4.84. The summed E-state index contributed by atoms with van der Waals surface area (Å²) in [6.45, 7) is 3.83. The first-order chi connectivity index (χ1) is 14.7. The molecule has 2 aromatic rings. The van der Waals surface area contributed by atoms with Gasteiger partial charge in [-0.25, -0.2) is 0 Å². The first kappa shape index (κ1) is 20.9. The van der Waals surface area contributed by atoms with E-state index in [9.17, 15) is 4.79 Å². The average Bonchev–Trinajstić information content (AvgIpc) is 3.29. The second-order valence-corrected chi connectivity index (χ2v) is 8.75. The van der Waals surface area contributed by atoms with Crippen molar-refractivity contribution in [2.75, 3.05) is 26.7 Å². The number of ether oxygens (including phenoxy) is 1. The number of aromatic nitrogens is 1. The third-order valence-corrected chi connectivity index (χ3v) is 6.50. The molecule has 1 saturated carbocycles. The minimum atomic E-state index is -0.230. The second kappa shape index (κ2) is 10.1. The maximum Gasteiger partial charge on any atom is 0.290 e. The minimum Gasteiger partial charge on any atom is -0.497 e. The molecule has 1 aromatic carbocycles. The molecule has 4 rings (SSSR count). The van der Waals surface area contributed by atoms with Crippen LogP contribution in [0, 0.1) is 5.92 Å². The van der Waals surface area contributed by atoms with Crippen LogP contribution in [0.1, 0.15) is 72.7 Å². The molecule has 1 N–H and O–H groups in total. The van der Waals surface area contributed by atoms with Crippen molar-refractivity contribution in [3.8, 4) is 5.75 Å². The Balaban J connectivity index is 1.30. The van der Waals surface area contributed by atoms with Crippen LogP contribution in [0.2, 0.25) is 0 Å². The van der Waals surface area contributed by atoms with E-state index in [2.05, 4.69) is 15.4 Å². The molecule has 6 heteroatoms. The fraction of sp³-hybridized carbons (Fsp3) is 0.583. The standard InChI is InChI=1S/C24H33N3O3/c1-29-21-11-5-9-19(13-21)15-25-24(28)23-14-22(26-30-23)20-10-6-12-27(17-20)16-18-7-3-2-4-8-18/h5,9,11,13-14,18,20H,2-4,6-8,10,12,15-17H2,1H3,(H,25,28). The summed E-state index contributed by atoms with van der Waals surface area (Å²) in [7, 11) is 1.63. The van der Waals surface area contributed by atoms with Gasteiger partial charge in [-0.15, -0.1) is 0 Å². The summed E-state index contributed by atoms with van der Waals surface area (Å²) in [5, 5.41) is 7.15. The van der Waals surface area contributed by atoms with E-state index in [-0.39, 0.29) is 11.7 Å². The normalized spacial score (nSPS) is 20.8. The van der Waals surface area contributed by atoms with Gasteiger partial charge in [-0.05, 0) is 55.8 Å². The number of nitrogens with zero attached hydrogens (tertiary/aromatic N) is 2. The van der Waals surface area contributed by atoms with E-state index in [4.69, 9.17) is 9.26 Å². The highest BCUT2D eigenvalue weighted by Crippen LogP contribution is 2.30. The van der Waals surface area contributed by atoms with Crippen LogP contribution in [0.5, 0.6) is 5.75 Å². The SMILES string of the molecule is COc1cccc(CNC(=O)c2cc(C3CCCN(CC4CCCCC4)C3)no2)c1.